The third-order valence-corrected chi connectivity index (χ3v) is 4.15. The van der Waals surface area contributed by atoms with Crippen LogP contribution in [0.25, 0.3) is 10.8 Å². The van der Waals surface area contributed by atoms with Crippen LogP contribution in [0.3, 0.4) is 0 Å². The predicted molar refractivity (Wildman–Crippen MR) is 85.9 cm³/mol. The minimum Gasteiger partial charge on any atom is -0.507 e. The van der Waals surface area contributed by atoms with Crippen LogP contribution in [0.4, 0.5) is 5.69 Å². The van der Waals surface area contributed by atoms with Crippen molar-refractivity contribution in [2.24, 2.45) is 5.14 Å². The molecule has 0 aliphatic carbocycles. The molecule has 2 aromatic carbocycles. The van der Waals surface area contributed by atoms with E-state index in [9.17, 15) is 13.5 Å². The molecule has 0 aromatic heterocycles. The van der Waals surface area contributed by atoms with E-state index in [1.165, 1.54) is 6.07 Å². The molecule has 7 heteroatoms. The van der Waals surface area contributed by atoms with E-state index in [1.807, 2.05) is 20.8 Å². The Labute approximate surface area is 146 Å². The van der Waals surface area contributed by atoms with Crippen LogP contribution in [-0.2, 0) is 15.4 Å². The zero-order chi connectivity index (χ0) is 15.3. The molecule has 109 valence electrons. The zero-order valence-electron chi connectivity index (χ0n) is 12.6. The van der Waals surface area contributed by atoms with Crippen LogP contribution < -0.4 is 10.9 Å². The van der Waals surface area contributed by atoms with Gasteiger partial charge >= 0.3 is 0 Å². The van der Waals surface area contributed by atoms with Crippen molar-refractivity contribution >= 4 is 56.0 Å². The van der Waals surface area contributed by atoms with Crippen molar-refractivity contribution in [1.29, 1.82) is 0 Å². The van der Waals surface area contributed by atoms with E-state index in [0.29, 0.717) is 22.0 Å². The summed E-state index contributed by atoms with van der Waals surface area (Å²) in [5.41, 5.74) is 5.97. The molecule has 0 amide bonds. The van der Waals surface area contributed by atoms with Gasteiger partial charge in [0, 0.05) is 51.6 Å². The number of nitrogens with two attached hydrogens (primary N) is 2. The molecule has 2 aromatic rings. The second-order valence-corrected chi connectivity index (χ2v) is 7.37. The largest absolute Gasteiger partial charge is 0.507 e. The first-order chi connectivity index (χ1) is 9.03. The number of fused-ring (bicyclic) bond motifs is 1. The van der Waals surface area contributed by atoms with E-state index < -0.39 is 15.4 Å². The van der Waals surface area contributed by atoms with Crippen molar-refractivity contribution in [2.75, 3.05) is 5.73 Å². The maximum atomic E-state index is 11.8. The minimum atomic E-state index is -3.96. The summed E-state index contributed by atoms with van der Waals surface area (Å²) in [7, 11) is -3.96. The molecule has 0 aliphatic heterocycles. The molecule has 0 spiro atoms. The Morgan fingerprint density at radius 2 is 1.71 bits per heavy atom. The first kappa shape index (κ1) is 18.3. The summed E-state index contributed by atoms with van der Waals surface area (Å²) in [5, 5.41) is 16.8. The van der Waals surface area contributed by atoms with Crippen molar-refractivity contribution < 1.29 is 13.5 Å². The van der Waals surface area contributed by atoms with Gasteiger partial charge in [-0.25, -0.2) is 13.6 Å². The molecule has 0 atom stereocenters. The van der Waals surface area contributed by atoms with E-state index in [4.69, 9.17) is 10.9 Å². The molecular formula is C14H18N2NaO3S. The number of primary sulfonamides is 1. The second kappa shape index (κ2) is 5.78. The Bertz CT molecular complexity index is 796. The van der Waals surface area contributed by atoms with Crippen LogP contribution in [0.5, 0.6) is 5.75 Å². The number of hydrogen-bond acceptors (Lipinski definition) is 4. The molecule has 5 N–H and O–H groups in total. The van der Waals surface area contributed by atoms with Gasteiger partial charge in [-0.05, 0) is 17.5 Å². The maximum absolute atomic E-state index is 11.8. The van der Waals surface area contributed by atoms with Gasteiger partial charge in [0.2, 0.25) is 10.0 Å². The molecule has 5 nitrogen and oxygen atoms in total. The third kappa shape index (κ3) is 3.35. The van der Waals surface area contributed by atoms with Crippen LogP contribution in [-0.4, -0.2) is 43.1 Å². The molecule has 0 heterocycles. The number of phenols is 1. The summed E-state index contributed by atoms with van der Waals surface area (Å²) in [4.78, 5) is -0.0899. The Morgan fingerprint density at radius 1 is 1.14 bits per heavy atom. The van der Waals surface area contributed by atoms with Gasteiger partial charge in [0.15, 0.2) is 0 Å². The van der Waals surface area contributed by atoms with Crippen LogP contribution >= 0.6 is 0 Å². The van der Waals surface area contributed by atoms with Crippen molar-refractivity contribution in [1.82, 2.24) is 0 Å². The standard InChI is InChI=1S/C14H18N2O3S.Na/c1-14(2,3)12-11(20(16,18)19)7-9-8(13(12)17)5-4-6-10(9)15;/h4-7,17H,15H2,1-3H3,(H2,16,18,19);. The molecule has 0 aliphatic rings. The van der Waals surface area contributed by atoms with Crippen LogP contribution in [0, 0.1) is 0 Å². The summed E-state index contributed by atoms with van der Waals surface area (Å²) in [6.45, 7) is 5.44. The number of phenolic OH excluding ortho intramolecular Hbond substituents is 1. The van der Waals surface area contributed by atoms with Crippen molar-refractivity contribution in [3.8, 4) is 5.75 Å². The van der Waals surface area contributed by atoms with Crippen molar-refractivity contribution in [2.45, 2.75) is 31.1 Å². The van der Waals surface area contributed by atoms with Gasteiger partial charge in [0.1, 0.15) is 5.75 Å². The summed E-state index contributed by atoms with van der Waals surface area (Å²) in [5.74, 6) is -0.0914. The molecular weight excluding hydrogens is 299 g/mol. The SMILES string of the molecule is CC(C)(C)c1c(S(N)(=O)=O)cc2c(N)cccc2c1O.[Na]. The molecule has 0 unspecified atom stereocenters. The van der Waals surface area contributed by atoms with E-state index in [0.717, 1.165) is 0 Å². The normalized spacial score (nSPS) is 12.2. The summed E-state index contributed by atoms with van der Waals surface area (Å²) in [6, 6.07) is 6.48. The van der Waals surface area contributed by atoms with Gasteiger partial charge in [-0.1, -0.05) is 32.9 Å². The van der Waals surface area contributed by atoms with Crippen molar-refractivity contribution in [3.63, 3.8) is 0 Å². The predicted octanol–water partition coefficient (Wildman–Crippen LogP) is 1.69. The minimum absolute atomic E-state index is 0. The summed E-state index contributed by atoms with van der Waals surface area (Å²) in [6.07, 6.45) is 0. The molecule has 2 rings (SSSR count). The Morgan fingerprint density at radius 3 is 2.19 bits per heavy atom. The van der Waals surface area contributed by atoms with E-state index in [1.54, 1.807) is 18.2 Å². The fourth-order valence-corrected chi connectivity index (χ4v) is 3.32. The van der Waals surface area contributed by atoms with Gasteiger partial charge in [0.05, 0.1) is 4.90 Å². The number of rotatable bonds is 1. The quantitative estimate of drug-likeness (QED) is 0.549. The van der Waals surface area contributed by atoms with Crippen molar-refractivity contribution in [3.05, 3.63) is 29.8 Å². The van der Waals surface area contributed by atoms with Crippen LogP contribution in [0.2, 0.25) is 0 Å². The molecule has 21 heavy (non-hydrogen) atoms. The molecule has 0 saturated heterocycles. The molecule has 0 bridgehead atoms. The van der Waals surface area contributed by atoms with Gasteiger partial charge in [0.25, 0.3) is 0 Å². The fourth-order valence-electron chi connectivity index (χ4n) is 2.35. The van der Waals surface area contributed by atoms with Crippen LogP contribution in [0.1, 0.15) is 26.3 Å². The number of anilines is 1. The van der Waals surface area contributed by atoms with Gasteiger partial charge in [-0.15, -0.1) is 0 Å². The average molecular weight is 317 g/mol. The zero-order valence-corrected chi connectivity index (χ0v) is 15.5. The van der Waals surface area contributed by atoms with Crippen LogP contribution in [0.15, 0.2) is 29.2 Å². The molecule has 0 saturated carbocycles. The molecule has 0 fully saturated rings. The smallest absolute Gasteiger partial charge is 0.238 e. The van der Waals surface area contributed by atoms with E-state index in [2.05, 4.69) is 0 Å². The number of nitrogen functional groups attached to an aromatic ring is 1. The van der Waals surface area contributed by atoms with Gasteiger partial charge < -0.3 is 10.8 Å². The Balaban J connectivity index is 0.00000220. The summed E-state index contributed by atoms with van der Waals surface area (Å²) >= 11 is 0. The van der Waals surface area contributed by atoms with Gasteiger partial charge in [-0.2, -0.15) is 0 Å². The number of hydrogen-bond donors (Lipinski definition) is 3. The van der Waals surface area contributed by atoms with E-state index >= 15 is 0 Å². The Kier molecular flexibility index (Phi) is 5.02. The second-order valence-electron chi connectivity index (χ2n) is 5.84. The summed E-state index contributed by atoms with van der Waals surface area (Å²) < 4.78 is 23.7. The monoisotopic (exact) mass is 317 g/mol. The first-order valence-corrected chi connectivity index (χ1v) is 7.65. The topological polar surface area (TPSA) is 106 Å². The fraction of sp³-hybridized carbons (Fsp3) is 0.286. The molecule has 1 radical (unpaired) electrons. The third-order valence-electron chi connectivity index (χ3n) is 3.21. The number of sulfonamides is 1. The number of aromatic hydroxyl groups is 1. The number of benzene rings is 2. The Hall–Kier alpha value is -0.790. The van der Waals surface area contributed by atoms with Gasteiger partial charge in [-0.3, -0.25) is 0 Å². The average Bonchev–Trinajstić information content (AvgIpc) is 2.27. The maximum Gasteiger partial charge on any atom is 0.238 e. The first-order valence-electron chi connectivity index (χ1n) is 6.11. The van der Waals surface area contributed by atoms with E-state index in [-0.39, 0.29) is 40.2 Å².